The number of nitrogens with one attached hydrogen (secondary N) is 2. The number of furan rings is 1. The van der Waals surface area contributed by atoms with Gasteiger partial charge >= 0.3 is 6.18 Å². The third kappa shape index (κ3) is 6.49. The van der Waals surface area contributed by atoms with Crippen LogP contribution in [0.5, 0.6) is 0 Å². The molecule has 5 aromatic rings. The van der Waals surface area contributed by atoms with Crippen LogP contribution in [0, 0.1) is 6.92 Å². The molecule has 0 unspecified atom stereocenters. The second kappa shape index (κ2) is 12.1. The van der Waals surface area contributed by atoms with Gasteiger partial charge in [-0.25, -0.2) is 9.97 Å². The Balaban J connectivity index is 1.34. The SMILES string of the molecule is Cc1ccc(NC(=O)c2cccc(C(F)(F)F)c2)cc1-c1cc2cnc(NCCSCc3ccco3)nc2c(=O)n1C. The fourth-order valence-corrected chi connectivity index (χ4v) is 5.10. The summed E-state index contributed by atoms with van der Waals surface area (Å²) in [6, 6.07) is 14.9. The van der Waals surface area contributed by atoms with E-state index in [1.54, 1.807) is 55.5 Å². The lowest BCUT2D eigenvalue weighted by Crippen LogP contribution is -2.21. The summed E-state index contributed by atoms with van der Waals surface area (Å²) in [5, 5.41) is 6.35. The number of benzene rings is 2. The van der Waals surface area contributed by atoms with Crippen molar-refractivity contribution in [1.82, 2.24) is 14.5 Å². The van der Waals surface area contributed by atoms with Gasteiger partial charge in [0.1, 0.15) is 11.3 Å². The van der Waals surface area contributed by atoms with Crippen molar-refractivity contribution in [3.05, 3.63) is 106 Å². The van der Waals surface area contributed by atoms with E-state index in [9.17, 15) is 22.8 Å². The first-order chi connectivity index (χ1) is 20.1. The van der Waals surface area contributed by atoms with Gasteiger partial charge in [-0.3, -0.25) is 9.59 Å². The lowest BCUT2D eigenvalue weighted by molar-refractivity contribution is -0.137. The first-order valence-electron chi connectivity index (χ1n) is 12.9. The molecule has 0 atom stereocenters. The molecule has 2 aromatic carbocycles. The number of carbonyl (C=O) groups is 1. The van der Waals surface area contributed by atoms with E-state index in [0.717, 1.165) is 35.0 Å². The van der Waals surface area contributed by atoms with Crippen LogP contribution in [0.1, 0.15) is 27.2 Å². The zero-order chi connectivity index (χ0) is 29.9. The number of fused-ring (bicyclic) bond motifs is 1. The molecule has 3 heterocycles. The van der Waals surface area contributed by atoms with Gasteiger partial charge < -0.3 is 19.6 Å². The molecule has 0 aliphatic rings. The first kappa shape index (κ1) is 28.9. The second-order valence-corrected chi connectivity index (χ2v) is 10.6. The maximum atomic E-state index is 13.3. The zero-order valence-electron chi connectivity index (χ0n) is 22.7. The van der Waals surface area contributed by atoms with Crippen LogP contribution < -0.4 is 16.2 Å². The van der Waals surface area contributed by atoms with Crippen molar-refractivity contribution in [3.63, 3.8) is 0 Å². The predicted molar refractivity (Wildman–Crippen MR) is 158 cm³/mol. The lowest BCUT2D eigenvalue weighted by Gasteiger charge is -2.15. The molecule has 8 nitrogen and oxygen atoms in total. The molecule has 0 radical (unpaired) electrons. The molecule has 216 valence electrons. The van der Waals surface area contributed by atoms with Crippen LogP contribution in [0.3, 0.4) is 0 Å². The number of anilines is 2. The van der Waals surface area contributed by atoms with Crippen LogP contribution in [-0.2, 0) is 19.0 Å². The maximum Gasteiger partial charge on any atom is 0.416 e. The molecule has 0 saturated heterocycles. The molecule has 2 N–H and O–H groups in total. The first-order valence-corrected chi connectivity index (χ1v) is 14.1. The Hall–Kier alpha value is -4.58. The van der Waals surface area contributed by atoms with E-state index >= 15 is 0 Å². The van der Waals surface area contributed by atoms with Crippen LogP contribution in [-0.4, -0.2) is 32.7 Å². The van der Waals surface area contributed by atoms with Gasteiger partial charge in [0.15, 0.2) is 0 Å². The summed E-state index contributed by atoms with van der Waals surface area (Å²) in [6.07, 6.45) is -1.34. The van der Waals surface area contributed by atoms with Crippen LogP contribution in [0.2, 0.25) is 0 Å². The van der Waals surface area contributed by atoms with Crippen LogP contribution in [0.15, 0.2) is 82.3 Å². The average Bonchev–Trinajstić information content (AvgIpc) is 3.49. The Morgan fingerprint density at radius 1 is 1.10 bits per heavy atom. The highest BCUT2D eigenvalue weighted by molar-refractivity contribution is 7.98. The summed E-state index contributed by atoms with van der Waals surface area (Å²) in [4.78, 5) is 34.9. The Morgan fingerprint density at radius 2 is 1.93 bits per heavy atom. The maximum absolute atomic E-state index is 13.3. The minimum absolute atomic E-state index is 0.122. The number of hydrogen-bond donors (Lipinski definition) is 2. The van der Waals surface area contributed by atoms with Gasteiger partial charge in [0, 0.05) is 47.7 Å². The molecule has 0 aliphatic carbocycles. The molecule has 1 amide bonds. The average molecular weight is 594 g/mol. The number of halogens is 3. The van der Waals surface area contributed by atoms with E-state index in [2.05, 4.69) is 20.6 Å². The number of hydrogen-bond acceptors (Lipinski definition) is 7. The highest BCUT2D eigenvalue weighted by Gasteiger charge is 2.31. The highest BCUT2D eigenvalue weighted by atomic mass is 32.2. The number of nitrogens with zero attached hydrogens (tertiary/aromatic N) is 3. The predicted octanol–water partition coefficient (Wildman–Crippen LogP) is 6.51. The van der Waals surface area contributed by atoms with Crippen molar-refractivity contribution in [2.45, 2.75) is 18.9 Å². The zero-order valence-corrected chi connectivity index (χ0v) is 23.5. The number of pyridine rings is 1. The fourth-order valence-electron chi connectivity index (χ4n) is 4.34. The van der Waals surface area contributed by atoms with Gasteiger partial charge in [0.25, 0.3) is 11.5 Å². The van der Waals surface area contributed by atoms with Gasteiger partial charge in [-0.05, 0) is 61.0 Å². The smallest absolute Gasteiger partial charge is 0.416 e. The third-order valence-corrected chi connectivity index (χ3v) is 7.54. The monoisotopic (exact) mass is 593 g/mol. The standard InChI is InChI=1S/C30H26F3N5O3S/c1-18-8-9-22(36-27(39)19-5-3-6-21(13-19)30(31,32)33)15-24(18)25-14-20-16-35-29(37-26(20)28(40)38(25)2)34-10-12-42-17-23-7-4-11-41-23/h3-9,11,13-16H,10,12,17H2,1-2H3,(H,36,39)(H,34,35,37). The van der Waals surface area contributed by atoms with E-state index in [-0.39, 0.29) is 16.6 Å². The second-order valence-electron chi connectivity index (χ2n) is 9.51. The topological polar surface area (TPSA) is 102 Å². The molecule has 5 rings (SSSR count). The molecule has 0 saturated carbocycles. The number of rotatable bonds is 9. The van der Waals surface area contributed by atoms with E-state index in [0.29, 0.717) is 34.8 Å². The van der Waals surface area contributed by atoms with Gasteiger partial charge in [-0.1, -0.05) is 12.1 Å². The fraction of sp³-hybridized carbons (Fsp3) is 0.200. The van der Waals surface area contributed by atoms with Crippen LogP contribution in [0.4, 0.5) is 24.8 Å². The quantitative estimate of drug-likeness (QED) is 0.188. The van der Waals surface area contributed by atoms with E-state index in [1.807, 2.05) is 19.1 Å². The van der Waals surface area contributed by atoms with Gasteiger partial charge in [0.05, 0.1) is 23.3 Å². The number of aryl methyl sites for hydroxylation is 1. The van der Waals surface area contributed by atoms with Crippen molar-refractivity contribution >= 4 is 40.2 Å². The van der Waals surface area contributed by atoms with E-state index < -0.39 is 17.6 Å². The minimum atomic E-state index is -4.56. The van der Waals surface area contributed by atoms with Crippen molar-refractivity contribution in [1.29, 1.82) is 0 Å². The van der Waals surface area contributed by atoms with Gasteiger partial charge in [0.2, 0.25) is 5.95 Å². The number of alkyl halides is 3. The molecule has 0 fully saturated rings. The third-order valence-electron chi connectivity index (χ3n) is 6.56. The molecule has 0 aliphatic heterocycles. The molecule has 42 heavy (non-hydrogen) atoms. The van der Waals surface area contributed by atoms with Gasteiger partial charge in [-0.15, -0.1) is 0 Å². The normalized spacial score (nSPS) is 11.5. The summed E-state index contributed by atoms with van der Waals surface area (Å²) in [7, 11) is 1.63. The van der Waals surface area contributed by atoms with Gasteiger partial charge in [-0.2, -0.15) is 24.9 Å². The Kier molecular flexibility index (Phi) is 8.34. The summed E-state index contributed by atoms with van der Waals surface area (Å²) >= 11 is 1.70. The van der Waals surface area contributed by atoms with Crippen molar-refractivity contribution in [2.75, 3.05) is 22.9 Å². The van der Waals surface area contributed by atoms with Crippen molar-refractivity contribution in [2.24, 2.45) is 7.05 Å². The molecule has 12 heteroatoms. The lowest BCUT2D eigenvalue weighted by atomic mass is 10.0. The molecule has 0 spiro atoms. The summed E-state index contributed by atoms with van der Waals surface area (Å²) in [6.45, 7) is 2.46. The summed E-state index contributed by atoms with van der Waals surface area (Å²) in [5.74, 6) is 2.11. The van der Waals surface area contributed by atoms with E-state index in [4.69, 9.17) is 4.42 Å². The number of thioether (sulfide) groups is 1. The largest absolute Gasteiger partial charge is 0.468 e. The van der Waals surface area contributed by atoms with E-state index in [1.165, 1.54) is 16.7 Å². The van der Waals surface area contributed by atoms with Crippen LogP contribution >= 0.6 is 11.8 Å². The number of aromatic nitrogens is 3. The molecule has 0 bridgehead atoms. The Morgan fingerprint density at radius 3 is 2.69 bits per heavy atom. The molecule has 3 aromatic heterocycles. The van der Waals surface area contributed by atoms with Crippen molar-refractivity contribution < 1.29 is 22.4 Å². The molecular formula is C30H26F3N5O3S. The minimum Gasteiger partial charge on any atom is -0.468 e. The highest BCUT2D eigenvalue weighted by Crippen LogP contribution is 2.31. The Bertz CT molecular complexity index is 1800. The summed E-state index contributed by atoms with van der Waals surface area (Å²) in [5.41, 5.74) is 1.33. The summed E-state index contributed by atoms with van der Waals surface area (Å²) < 4.78 is 46.1. The van der Waals surface area contributed by atoms with Crippen molar-refractivity contribution in [3.8, 4) is 11.3 Å². The number of amides is 1. The molecular weight excluding hydrogens is 567 g/mol. The number of carbonyl (C=O) groups excluding carboxylic acids is 1. The Labute approximate surface area is 243 Å². The van der Waals surface area contributed by atoms with Crippen LogP contribution in [0.25, 0.3) is 22.2 Å².